The van der Waals surface area contributed by atoms with Crippen molar-refractivity contribution in [2.24, 2.45) is 0 Å². The Morgan fingerprint density at radius 2 is 2.22 bits per heavy atom. The largest absolute Gasteiger partial charge is 0.414 e. The lowest BCUT2D eigenvalue weighted by molar-refractivity contribution is 0.199. The fraction of sp³-hybridized carbons (Fsp3) is 0.286. The molecular formula is C14H12Cl2N4O2S. The average Bonchev–Trinajstić information content (AvgIpc) is 2.96. The van der Waals surface area contributed by atoms with Crippen LogP contribution in [-0.4, -0.2) is 21.4 Å². The Kier molecular flexibility index (Phi) is 6.16. The van der Waals surface area contributed by atoms with E-state index >= 15 is 0 Å². The standard InChI is InChI=1S/C14H12Cl2N4O2S/c1-2-3-6-18-14(21)22-13-12(19-23-20-13)10-9(15)5-4-8(7-17)11(10)16/h4-5H,2-3,6H2,1H3,(H,18,21). The quantitative estimate of drug-likeness (QED) is 0.793. The number of benzene rings is 1. The highest BCUT2D eigenvalue weighted by Crippen LogP contribution is 2.40. The van der Waals surface area contributed by atoms with Gasteiger partial charge in [0.15, 0.2) is 5.69 Å². The minimum Gasteiger partial charge on any atom is -0.388 e. The summed E-state index contributed by atoms with van der Waals surface area (Å²) in [6, 6.07) is 5.00. The zero-order valence-electron chi connectivity index (χ0n) is 12.1. The molecule has 2 rings (SSSR count). The second-order valence-corrected chi connectivity index (χ2v) is 5.80. The van der Waals surface area contributed by atoms with Gasteiger partial charge >= 0.3 is 6.09 Å². The Balaban J connectivity index is 2.29. The van der Waals surface area contributed by atoms with E-state index in [1.165, 1.54) is 12.1 Å². The molecule has 0 saturated carbocycles. The first kappa shape index (κ1) is 17.5. The Labute approximate surface area is 147 Å². The number of unbranched alkanes of at least 4 members (excludes halogenated alkanes) is 1. The highest BCUT2D eigenvalue weighted by molar-refractivity contribution is 6.99. The van der Waals surface area contributed by atoms with Gasteiger partial charge in [0, 0.05) is 12.1 Å². The number of carbonyl (C=O) groups excluding carboxylic acids is 1. The third-order valence-corrected chi connectivity index (χ3v) is 4.12. The number of ether oxygens (including phenoxy) is 1. The van der Waals surface area contributed by atoms with Crippen LogP contribution in [0.15, 0.2) is 12.1 Å². The van der Waals surface area contributed by atoms with E-state index in [-0.39, 0.29) is 27.2 Å². The van der Waals surface area contributed by atoms with Gasteiger partial charge in [-0.3, -0.25) is 0 Å². The van der Waals surface area contributed by atoms with Gasteiger partial charge in [-0.1, -0.05) is 36.5 Å². The molecule has 0 unspecified atom stereocenters. The van der Waals surface area contributed by atoms with Gasteiger partial charge in [-0.05, 0) is 18.6 Å². The van der Waals surface area contributed by atoms with Crippen LogP contribution in [0.1, 0.15) is 25.3 Å². The maximum Gasteiger partial charge on any atom is 0.414 e. The van der Waals surface area contributed by atoms with Crippen molar-refractivity contribution in [2.75, 3.05) is 6.54 Å². The van der Waals surface area contributed by atoms with Crippen LogP contribution in [0.3, 0.4) is 0 Å². The lowest BCUT2D eigenvalue weighted by atomic mass is 10.1. The number of rotatable bonds is 5. The molecule has 0 spiro atoms. The van der Waals surface area contributed by atoms with Crippen molar-refractivity contribution in [1.82, 2.24) is 14.1 Å². The van der Waals surface area contributed by atoms with Crippen LogP contribution in [0.25, 0.3) is 11.3 Å². The van der Waals surface area contributed by atoms with Crippen molar-refractivity contribution in [3.63, 3.8) is 0 Å². The van der Waals surface area contributed by atoms with Gasteiger partial charge in [0.05, 0.1) is 27.3 Å². The van der Waals surface area contributed by atoms with Gasteiger partial charge in [0.1, 0.15) is 6.07 Å². The third-order valence-electron chi connectivity index (χ3n) is 2.90. The van der Waals surface area contributed by atoms with Crippen molar-refractivity contribution in [3.8, 4) is 23.2 Å². The molecule has 0 bridgehead atoms. The number of hydrogen-bond acceptors (Lipinski definition) is 6. The topological polar surface area (TPSA) is 87.9 Å². The first-order valence-electron chi connectivity index (χ1n) is 6.75. The summed E-state index contributed by atoms with van der Waals surface area (Å²) in [4.78, 5) is 11.7. The van der Waals surface area contributed by atoms with Gasteiger partial charge in [0.25, 0.3) is 5.88 Å². The molecule has 23 heavy (non-hydrogen) atoms. The molecule has 0 aliphatic carbocycles. The minimum atomic E-state index is -0.629. The molecule has 1 aromatic heterocycles. The third kappa shape index (κ3) is 4.10. The predicted molar refractivity (Wildman–Crippen MR) is 89.0 cm³/mol. The molecule has 6 nitrogen and oxygen atoms in total. The average molecular weight is 371 g/mol. The van der Waals surface area contributed by atoms with Gasteiger partial charge in [-0.15, -0.1) is 4.37 Å². The van der Waals surface area contributed by atoms with E-state index in [9.17, 15) is 4.79 Å². The Morgan fingerprint density at radius 3 is 2.91 bits per heavy atom. The summed E-state index contributed by atoms with van der Waals surface area (Å²) < 4.78 is 13.2. The van der Waals surface area contributed by atoms with E-state index in [4.69, 9.17) is 33.2 Å². The number of nitriles is 1. The summed E-state index contributed by atoms with van der Waals surface area (Å²) in [7, 11) is 0. The minimum absolute atomic E-state index is 0.00267. The molecule has 1 heterocycles. The Hall–Kier alpha value is -1.88. The highest BCUT2D eigenvalue weighted by atomic mass is 35.5. The van der Waals surface area contributed by atoms with Crippen LogP contribution in [0.5, 0.6) is 5.88 Å². The lowest BCUT2D eigenvalue weighted by Crippen LogP contribution is -2.27. The fourth-order valence-electron chi connectivity index (χ4n) is 1.75. The summed E-state index contributed by atoms with van der Waals surface area (Å²) in [6.45, 7) is 2.52. The molecule has 1 aromatic carbocycles. The van der Waals surface area contributed by atoms with Crippen molar-refractivity contribution < 1.29 is 9.53 Å². The Bertz CT molecular complexity index is 758. The molecule has 1 amide bonds. The number of hydrogen-bond donors (Lipinski definition) is 1. The second-order valence-electron chi connectivity index (χ2n) is 4.48. The molecule has 0 saturated heterocycles. The van der Waals surface area contributed by atoms with E-state index in [0.29, 0.717) is 12.1 Å². The van der Waals surface area contributed by atoms with Crippen LogP contribution in [-0.2, 0) is 0 Å². The molecule has 0 aliphatic heterocycles. The van der Waals surface area contributed by atoms with Crippen LogP contribution < -0.4 is 10.1 Å². The van der Waals surface area contributed by atoms with E-state index in [0.717, 1.165) is 24.6 Å². The van der Waals surface area contributed by atoms with Gasteiger partial charge < -0.3 is 10.1 Å². The molecule has 9 heteroatoms. The Morgan fingerprint density at radius 1 is 1.43 bits per heavy atom. The smallest absolute Gasteiger partial charge is 0.388 e. The second kappa shape index (κ2) is 8.11. The van der Waals surface area contributed by atoms with Crippen LogP contribution in [0.4, 0.5) is 4.79 Å². The normalized spacial score (nSPS) is 10.2. The van der Waals surface area contributed by atoms with Gasteiger partial charge in [-0.25, -0.2) is 4.79 Å². The first-order chi connectivity index (χ1) is 11.1. The molecule has 0 aliphatic rings. The zero-order chi connectivity index (χ0) is 16.8. The van der Waals surface area contributed by atoms with E-state index in [2.05, 4.69) is 14.1 Å². The van der Waals surface area contributed by atoms with Gasteiger partial charge in [-0.2, -0.15) is 9.64 Å². The molecule has 2 aromatic rings. The maximum absolute atomic E-state index is 11.7. The summed E-state index contributed by atoms with van der Waals surface area (Å²) in [5.74, 6) is 0.00267. The first-order valence-corrected chi connectivity index (χ1v) is 8.23. The molecule has 0 atom stereocenters. The number of aromatic nitrogens is 2. The zero-order valence-corrected chi connectivity index (χ0v) is 14.4. The monoisotopic (exact) mass is 370 g/mol. The van der Waals surface area contributed by atoms with Crippen molar-refractivity contribution in [1.29, 1.82) is 5.26 Å². The van der Waals surface area contributed by atoms with Gasteiger partial charge in [0.2, 0.25) is 0 Å². The van der Waals surface area contributed by atoms with E-state index in [1.54, 1.807) is 0 Å². The summed E-state index contributed by atoms with van der Waals surface area (Å²) in [5.41, 5.74) is 0.794. The molecule has 0 radical (unpaired) electrons. The lowest BCUT2D eigenvalue weighted by Gasteiger charge is -2.08. The van der Waals surface area contributed by atoms with Crippen molar-refractivity contribution in [2.45, 2.75) is 19.8 Å². The summed E-state index contributed by atoms with van der Waals surface area (Å²) in [5, 5.41) is 12.1. The SMILES string of the molecule is CCCCNC(=O)Oc1nsnc1-c1c(Cl)ccc(C#N)c1Cl. The summed E-state index contributed by atoms with van der Waals surface area (Å²) in [6.07, 6.45) is 1.17. The number of nitrogens with zero attached hydrogens (tertiary/aromatic N) is 3. The highest BCUT2D eigenvalue weighted by Gasteiger charge is 2.22. The number of nitrogens with one attached hydrogen (secondary N) is 1. The molecule has 1 N–H and O–H groups in total. The maximum atomic E-state index is 11.7. The van der Waals surface area contributed by atoms with E-state index < -0.39 is 6.09 Å². The molecule has 0 fully saturated rings. The molecule has 120 valence electrons. The fourth-order valence-corrected chi connectivity index (χ4v) is 2.83. The number of halogens is 2. The summed E-state index contributed by atoms with van der Waals surface area (Å²) >= 11 is 13.2. The number of carbonyl (C=O) groups is 1. The van der Waals surface area contributed by atoms with Crippen LogP contribution in [0, 0.1) is 11.3 Å². The van der Waals surface area contributed by atoms with Crippen LogP contribution >= 0.6 is 34.9 Å². The molecular weight excluding hydrogens is 359 g/mol. The van der Waals surface area contributed by atoms with Crippen LogP contribution in [0.2, 0.25) is 10.0 Å². The van der Waals surface area contributed by atoms with E-state index in [1.807, 2.05) is 13.0 Å². The van der Waals surface area contributed by atoms with Crippen molar-refractivity contribution in [3.05, 3.63) is 27.7 Å². The number of amides is 1. The predicted octanol–water partition coefficient (Wildman–Crippen LogP) is 4.27. The van der Waals surface area contributed by atoms with Crippen molar-refractivity contribution >= 4 is 41.0 Å².